The van der Waals surface area contributed by atoms with E-state index < -0.39 is 0 Å². The highest BCUT2D eigenvalue weighted by Crippen LogP contribution is 2.17. The molecule has 0 saturated carbocycles. The van der Waals surface area contributed by atoms with Crippen molar-refractivity contribution in [2.75, 3.05) is 46.8 Å². The van der Waals surface area contributed by atoms with Crippen molar-refractivity contribution < 1.29 is 24.2 Å². The average Bonchev–Trinajstić information content (AvgIpc) is 2.53. The Morgan fingerprint density at radius 3 is 2.33 bits per heavy atom. The predicted octanol–water partition coefficient (Wildman–Crippen LogP) is 0.839. The van der Waals surface area contributed by atoms with Crippen LogP contribution in [0.15, 0.2) is 29.4 Å². The third-order valence-electron chi connectivity index (χ3n) is 2.56. The molecule has 0 aliphatic rings. The number of nitrogens with zero attached hydrogens (tertiary/aromatic N) is 1. The summed E-state index contributed by atoms with van der Waals surface area (Å²) in [6.45, 7) is 2.95. The standard InChI is InChI=1S/C14H22N2O5/c1-18-6-7-19-8-9-20-10-11-21-13-5-3-2-4-12(13)14(15)16-17/h2-5,17H,6-11H2,1H3,(H2,15,16). The van der Waals surface area contributed by atoms with Gasteiger partial charge >= 0.3 is 0 Å². The molecule has 0 bridgehead atoms. The van der Waals surface area contributed by atoms with E-state index in [-0.39, 0.29) is 5.84 Å². The molecule has 0 heterocycles. The molecule has 0 aliphatic carbocycles. The number of rotatable bonds is 11. The summed E-state index contributed by atoms with van der Waals surface area (Å²) >= 11 is 0. The van der Waals surface area contributed by atoms with Crippen molar-refractivity contribution in [2.45, 2.75) is 0 Å². The van der Waals surface area contributed by atoms with Gasteiger partial charge in [0.15, 0.2) is 5.84 Å². The zero-order valence-corrected chi connectivity index (χ0v) is 12.2. The van der Waals surface area contributed by atoms with Gasteiger partial charge in [-0.25, -0.2) is 0 Å². The van der Waals surface area contributed by atoms with Crippen LogP contribution in [0.4, 0.5) is 0 Å². The quantitative estimate of drug-likeness (QED) is 0.207. The fraction of sp³-hybridized carbons (Fsp3) is 0.500. The van der Waals surface area contributed by atoms with E-state index in [1.165, 1.54) is 0 Å². The number of hydrogen-bond donors (Lipinski definition) is 2. The van der Waals surface area contributed by atoms with Crippen LogP contribution < -0.4 is 10.5 Å². The van der Waals surface area contributed by atoms with E-state index in [0.29, 0.717) is 51.0 Å². The van der Waals surface area contributed by atoms with Gasteiger partial charge in [-0.05, 0) is 12.1 Å². The maximum Gasteiger partial charge on any atom is 0.173 e. The second-order valence-corrected chi connectivity index (χ2v) is 4.05. The Hall–Kier alpha value is -1.83. The summed E-state index contributed by atoms with van der Waals surface area (Å²) in [7, 11) is 1.63. The van der Waals surface area contributed by atoms with Gasteiger partial charge in [-0.3, -0.25) is 0 Å². The van der Waals surface area contributed by atoms with E-state index in [1.807, 2.05) is 6.07 Å². The molecule has 0 unspecified atom stereocenters. The molecule has 0 radical (unpaired) electrons. The molecule has 0 atom stereocenters. The summed E-state index contributed by atoms with van der Waals surface area (Å²) in [5.41, 5.74) is 6.11. The first-order valence-electron chi connectivity index (χ1n) is 6.63. The lowest BCUT2D eigenvalue weighted by Crippen LogP contribution is -2.16. The molecule has 0 fully saturated rings. The first-order valence-corrected chi connectivity index (χ1v) is 6.63. The van der Waals surface area contributed by atoms with Gasteiger partial charge in [0, 0.05) is 7.11 Å². The maximum absolute atomic E-state index is 8.70. The number of nitrogens with two attached hydrogens (primary N) is 1. The number of para-hydroxylation sites is 1. The Bertz CT molecular complexity index is 426. The molecule has 0 aromatic heterocycles. The molecule has 118 valence electrons. The molecular formula is C14H22N2O5. The summed E-state index contributed by atoms with van der Waals surface area (Å²) in [6.07, 6.45) is 0. The number of amidine groups is 1. The third kappa shape index (κ3) is 6.94. The zero-order valence-electron chi connectivity index (χ0n) is 12.2. The molecule has 21 heavy (non-hydrogen) atoms. The van der Waals surface area contributed by atoms with Crippen LogP contribution in [0.3, 0.4) is 0 Å². The molecular weight excluding hydrogens is 276 g/mol. The molecule has 0 saturated heterocycles. The SMILES string of the molecule is COCCOCCOCCOc1ccccc1/C(N)=N/O. The van der Waals surface area contributed by atoms with Gasteiger partial charge in [-0.2, -0.15) is 0 Å². The Kier molecular flexibility index (Phi) is 8.94. The fourth-order valence-electron chi connectivity index (χ4n) is 1.53. The number of hydrogen-bond acceptors (Lipinski definition) is 6. The topological polar surface area (TPSA) is 95.5 Å². The molecule has 0 spiro atoms. The van der Waals surface area contributed by atoms with Crippen molar-refractivity contribution in [3.05, 3.63) is 29.8 Å². The monoisotopic (exact) mass is 298 g/mol. The fourth-order valence-corrected chi connectivity index (χ4v) is 1.53. The van der Waals surface area contributed by atoms with Gasteiger partial charge in [-0.15, -0.1) is 0 Å². The molecule has 1 aromatic rings. The van der Waals surface area contributed by atoms with Crippen LogP contribution in [-0.2, 0) is 14.2 Å². The van der Waals surface area contributed by atoms with Crippen molar-refractivity contribution >= 4 is 5.84 Å². The lowest BCUT2D eigenvalue weighted by molar-refractivity contribution is 0.0179. The Labute approximate surface area is 124 Å². The maximum atomic E-state index is 8.70. The summed E-state index contributed by atoms with van der Waals surface area (Å²) < 4.78 is 21.0. The highest BCUT2D eigenvalue weighted by Gasteiger charge is 2.06. The van der Waals surface area contributed by atoms with Crippen molar-refractivity contribution in [1.29, 1.82) is 0 Å². The smallest absolute Gasteiger partial charge is 0.173 e. The molecule has 1 aromatic carbocycles. The van der Waals surface area contributed by atoms with Crippen LogP contribution in [0.1, 0.15) is 5.56 Å². The first-order chi connectivity index (χ1) is 10.3. The van der Waals surface area contributed by atoms with E-state index >= 15 is 0 Å². The predicted molar refractivity (Wildman–Crippen MR) is 78.0 cm³/mol. The molecule has 0 amide bonds. The van der Waals surface area contributed by atoms with E-state index in [2.05, 4.69) is 5.16 Å². The van der Waals surface area contributed by atoms with Crippen molar-refractivity contribution in [3.8, 4) is 5.75 Å². The third-order valence-corrected chi connectivity index (χ3v) is 2.56. The van der Waals surface area contributed by atoms with Crippen LogP contribution >= 0.6 is 0 Å². The largest absolute Gasteiger partial charge is 0.490 e. The molecule has 7 heteroatoms. The second kappa shape index (κ2) is 10.9. The minimum atomic E-state index is 0.0121. The number of benzene rings is 1. The zero-order chi connectivity index (χ0) is 15.3. The number of methoxy groups -OCH3 is 1. The highest BCUT2D eigenvalue weighted by molar-refractivity contribution is 5.99. The lowest BCUT2D eigenvalue weighted by Gasteiger charge is -2.10. The summed E-state index contributed by atoms with van der Waals surface area (Å²) in [6, 6.07) is 7.07. The number of oxime groups is 1. The van der Waals surface area contributed by atoms with Gasteiger partial charge in [0.25, 0.3) is 0 Å². The Morgan fingerprint density at radius 1 is 1.05 bits per heavy atom. The first kappa shape index (κ1) is 17.2. The van der Waals surface area contributed by atoms with Gasteiger partial charge in [0.1, 0.15) is 12.4 Å². The molecule has 0 aliphatic heterocycles. The minimum absolute atomic E-state index is 0.0121. The van der Waals surface area contributed by atoms with E-state index in [0.717, 1.165) is 0 Å². The van der Waals surface area contributed by atoms with Crippen LogP contribution in [0.25, 0.3) is 0 Å². The Morgan fingerprint density at radius 2 is 1.67 bits per heavy atom. The van der Waals surface area contributed by atoms with E-state index in [4.69, 9.17) is 29.9 Å². The molecule has 7 nitrogen and oxygen atoms in total. The van der Waals surface area contributed by atoms with Crippen LogP contribution in [0.2, 0.25) is 0 Å². The lowest BCUT2D eigenvalue weighted by atomic mass is 10.2. The van der Waals surface area contributed by atoms with Gasteiger partial charge in [0.2, 0.25) is 0 Å². The van der Waals surface area contributed by atoms with Crippen LogP contribution in [0, 0.1) is 0 Å². The Balaban J connectivity index is 2.19. The van der Waals surface area contributed by atoms with Crippen molar-refractivity contribution in [3.63, 3.8) is 0 Å². The van der Waals surface area contributed by atoms with Gasteiger partial charge in [-0.1, -0.05) is 17.3 Å². The summed E-state index contributed by atoms with van der Waals surface area (Å²) in [5.74, 6) is 0.561. The number of ether oxygens (including phenoxy) is 4. The van der Waals surface area contributed by atoms with Crippen LogP contribution in [0.5, 0.6) is 5.75 Å². The van der Waals surface area contributed by atoms with Crippen molar-refractivity contribution in [1.82, 2.24) is 0 Å². The summed E-state index contributed by atoms with van der Waals surface area (Å²) in [4.78, 5) is 0. The van der Waals surface area contributed by atoms with Gasteiger partial charge in [0.05, 0.1) is 38.6 Å². The molecule has 3 N–H and O–H groups in total. The van der Waals surface area contributed by atoms with Crippen molar-refractivity contribution in [2.24, 2.45) is 10.9 Å². The normalized spacial score (nSPS) is 11.6. The van der Waals surface area contributed by atoms with Crippen LogP contribution in [-0.4, -0.2) is 57.8 Å². The highest BCUT2D eigenvalue weighted by atomic mass is 16.6. The minimum Gasteiger partial charge on any atom is -0.490 e. The second-order valence-electron chi connectivity index (χ2n) is 4.05. The van der Waals surface area contributed by atoms with E-state index in [9.17, 15) is 0 Å². The summed E-state index contributed by atoms with van der Waals surface area (Å²) in [5, 5.41) is 11.7. The molecule has 1 rings (SSSR count). The van der Waals surface area contributed by atoms with Gasteiger partial charge < -0.3 is 29.9 Å². The average molecular weight is 298 g/mol. The van der Waals surface area contributed by atoms with E-state index in [1.54, 1.807) is 25.3 Å².